The van der Waals surface area contributed by atoms with Crippen LogP contribution in [0.15, 0.2) is 66.9 Å². The Kier molecular flexibility index (Phi) is 9.16. The van der Waals surface area contributed by atoms with Crippen LogP contribution in [0.3, 0.4) is 0 Å². The van der Waals surface area contributed by atoms with Gasteiger partial charge in [0.25, 0.3) is 5.60 Å². The van der Waals surface area contributed by atoms with Crippen LogP contribution in [-0.2, 0) is 12.0 Å². The van der Waals surface area contributed by atoms with Crippen molar-refractivity contribution in [1.82, 2.24) is 10.3 Å². The van der Waals surface area contributed by atoms with Crippen LogP contribution in [0.4, 0.5) is 48.3 Å². The zero-order valence-electron chi connectivity index (χ0n) is 20.2. The van der Waals surface area contributed by atoms with Crippen LogP contribution in [0.2, 0.25) is 5.02 Å². The van der Waals surface area contributed by atoms with E-state index >= 15 is 0 Å². The van der Waals surface area contributed by atoms with Crippen molar-refractivity contribution in [2.24, 2.45) is 0 Å². The normalized spacial score (nSPS) is 14.7. The van der Waals surface area contributed by atoms with Gasteiger partial charge in [-0.25, -0.2) is 4.39 Å². The van der Waals surface area contributed by atoms with Gasteiger partial charge in [0.05, 0.1) is 16.3 Å². The number of alkyl halides is 10. The van der Waals surface area contributed by atoms with Gasteiger partial charge in [-0.1, -0.05) is 41.9 Å². The Morgan fingerprint density at radius 1 is 0.878 bits per heavy atom. The van der Waals surface area contributed by atoms with Gasteiger partial charge in [0.2, 0.25) is 0 Å². The van der Waals surface area contributed by atoms with Gasteiger partial charge in [0.1, 0.15) is 11.6 Å². The molecule has 2 N–H and O–H groups in total. The molecule has 0 spiro atoms. The molecule has 1 aromatic heterocycles. The molecule has 16 heteroatoms. The molecule has 224 valence electrons. The van der Waals surface area contributed by atoms with Crippen LogP contribution in [0.1, 0.15) is 16.8 Å². The van der Waals surface area contributed by atoms with Crippen molar-refractivity contribution in [2.45, 2.75) is 42.4 Å². The molecule has 0 saturated heterocycles. The molecule has 0 radical (unpaired) electrons. The molecule has 2 aromatic carbocycles. The summed E-state index contributed by atoms with van der Waals surface area (Å²) in [5.74, 6) is -2.67. The standard InChI is InChI=1S/C25H18ClF11N2O2/c26-16-6-7-19(38-12-16)21(11-14-4-2-1-3-5-14,39-13-22(40,24(32,33)34)25(35,36)37)15-8-17(27)10-18(9-15)41-23(30,31)20(28)29/h1-10,12,20,39-40H,11,13H2. The summed E-state index contributed by atoms with van der Waals surface area (Å²) < 4.78 is 153. The first-order valence-corrected chi connectivity index (χ1v) is 11.6. The minimum absolute atomic E-state index is 0.0377. The summed E-state index contributed by atoms with van der Waals surface area (Å²) in [5.41, 5.74) is -8.69. The predicted molar refractivity (Wildman–Crippen MR) is 123 cm³/mol. The number of ether oxygens (including phenoxy) is 1. The van der Waals surface area contributed by atoms with E-state index in [2.05, 4.69) is 9.72 Å². The Morgan fingerprint density at radius 3 is 2.00 bits per heavy atom. The maximum atomic E-state index is 14.7. The van der Waals surface area contributed by atoms with Crippen molar-refractivity contribution < 1.29 is 58.1 Å². The molecule has 41 heavy (non-hydrogen) atoms. The van der Waals surface area contributed by atoms with Crippen molar-refractivity contribution in [2.75, 3.05) is 6.54 Å². The first kappa shape index (κ1) is 32.3. The quantitative estimate of drug-likeness (QED) is 0.238. The fourth-order valence-corrected chi connectivity index (χ4v) is 3.95. The number of aliphatic hydroxyl groups is 1. The molecule has 1 atom stereocenters. The van der Waals surface area contributed by atoms with Crippen molar-refractivity contribution in [3.63, 3.8) is 0 Å². The highest BCUT2D eigenvalue weighted by atomic mass is 35.5. The highest BCUT2D eigenvalue weighted by Crippen LogP contribution is 2.44. The molecule has 1 heterocycles. The maximum Gasteiger partial charge on any atom is 0.461 e. The van der Waals surface area contributed by atoms with E-state index in [1.807, 2.05) is 5.32 Å². The molecule has 3 aromatic rings. The number of aromatic nitrogens is 1. The second-order valence-electron chi connectivity index (χ2n) is 8.78. The fraction of sp³-hybridized carbons (Fsp3) is 0.320. The third kappa shape index (κ3) is 7.01. The number of hydrogen-bond acceptors (Lipinski definition) is 4. The third-order valence-electron chi connectivity index (χ3n) is 5.93. The average Bonchev–Trinajstić information content (AvgIpc) is 2.85. The summed E-state index contributed by atoms with van der Waals surface area (Å²) in [5, 5.41) is 11.8. The largest absolute Gasteiger partial charge is 0.461 e. The van der Waals surface area contributed by atoms with Crippen LogP contribution in [0.5, 0.6) is 5.75 Å². The van der Waals surface area contributed by atoms with Gasteiger partial charge >= 0.3 is 24.9 Å². The number of nitrogens with one attached hydrogen (secondary N) is 1. The lowest BCUT2D eigenvalue weighted by Crippen LogP contribution is -2.65. The van der Waals surface area contributed by atoms with Crippen LogP contribution in [-0.4, -0.2) is 47.1 Å². The van der Waals surface area contributed by atoms with E-state index in [1.54, 1.807) is 0 Å². The molecule has 0 aliphatic heterocycles. The molecule has 0 fully saturated rings. The minimum atomic E-state index is -6.28. The van der Waals surface area contributed by atoms with Crippen LogP contribution >= 0.6 is 11.6 Å². The monoisotopic (exact) mass is 622 g/mol. The molecule has 0 amide bonds. The number of nitrogens with zero attached hydrogens (tertiary/aromatic N) is 1. The average molecular weight is 623 g/mol. The molecule has 1 unspecified atom stereocenters. The number of rotatable bonds is 10. The number of benzene rings is 2. The summed E-state index contributed by atoms with van der Waals surface area (Å²) in [7, 11) is 0. The van der Waals surface area contributed by atoms with Crippen LogP contribution in [0.25, 0.3) is 0 Å². The molecule has 0 bridgehead atoms. The fourth-order valence-electron chi connectivity index (χ4n) is 3.84. The van der Waals surface area contributed by atoms with Gasteiger partial charge in [-0.05, 0) is 35.4 Å². The minimum Gasteiger partial charge on any atom is -0.428 e. The highest BCUT2D eigenvalue weighted by Gasteiger charge is 2.70. The van der Waals surface area contributed by atoms with Crippen LogP contribution < -0.4 is 10.1 Å². The Morgan fingerprint density at radius 2 is 1.49 bits per heavy atom. The summed E-state index contributed by atoms with van der Waals surface area (Å²) in [4.78, 5) is 3.94. The summed E-state index contributed by atoms with van der Waals surface area (Å²) in [6.07, 6.45) is -21.8. The van der Waals surface area contributed by atoms with Gasteiger partial charge < -0.3 is 9.84 Å². The van der Waals surface area contributed by atoms with Gasteiger partial charge in [0.15, 0.2) is 0 Å². The molecule has 3 rings (SSSR count). The van der Waals surface area contributed by atoms with Gasteiger partial charge in [-0.15, -0.1) is 0 Å². The summed E-state index contributed by atoms with van der Waals surface area (Å²) in [6, 6.07) is 10.7. The molecule has 0 aliphatic carbocycles. The Balaban J connectivity index is 2.31. The van der Waals surface area contributed by atoms with Crippen molar-refractivity contribution in [1.29, 1.82) is 0 Å². The lowest BCUT2D eigenvalue weighted by Gasteiger charge is -2.40. The smallest absolute Gasteiger partial charge is 0.428 e. The van der Waals surface area contributed by atoms with E-state index < -0.39 is 71.8 Å². The zero-order chi connectivity index (χ0) is 30.9. The summed E-state index contributed by atoms with van der Waals surface area (Å²) in [6.45, 7) is -2.29. The van der Waals surface area contributed by atoms with E-state index in [0.717, 1.165) is 18.3 Å². The van der Waals surface area contributed by atoms with Gasteiger partial charge in [-0.3, -0.25) is 10.3 Å². The molecular formula is C25H18ClF11N2O2. The first-order chi connectivity index (χ1) is 18.8. The molecular weight excluding hydrogens is 605 g/mol. The molecule has 0 saturated carbocycles. The SMILES string of the molecule is OC(CNC(Cc1ccccc1)(c1cc(F)cc(OC(F)(F)C(F)F)c1)c1ccc(Cl)cn1)(C(F)(F)F)C(F)(F)F. The van der Waals surface area contributed by atoms with Crippen molar-refractivity contribution in [3.05, 3.63) is 94.5 Å². The van der Waals surface area contributed by atoms with Crippen LogP contribution in [0, 0.1) is 5.82 Å². The lowest BCUT2D eigenvalue weighted by atomic mass is 9.79. The van der Waals surface area contributed by atoms with Crippen molar-refractivity contribution >= 4 is 11.6 Å². The first-order valence-electron chi connectivity index (χ1n) is 11.2. The molecule has 4 nitrogen and oxygen atoms in total. The second kappa shape index (κ2) is 11.6. The van der Waals surface area contributed by atoms with E-state index in [0.29, 0.717) is 12.1 Å². The Labute approximate surface area is 229 Å². The Hall–Kier alpha value is -3.17. The van der Waals surface area contributed by atoms with Gasteiger partial charge in [0, 0.05) is 25.2 Å². The van der Waals surface area contributed by atoms with Gasteiger partial charge in [-0.2, -0.15) is 43.9 Å². The lowest BCUT2D eigenvalue weighted by molar-refractivity contribution is -0.365. The maximum absolute atomic E-state index is 14.7. The molecule has 0 aliphatic rings. The van der Waals surface area contributed by atoms with E-state index in [-0.39, 0.29) is 16.7 Å². The van der Waals surface area contributed by atoms with Crippen molar-refractivity contribution in [3.8, 4) is 5.75 Å². The Bertz CT molecular complexity index is 1310. The third-order valence-corrected chi connectivity index (χ3v) is 6.16. The van der Waals surface area contributed by atoms with E-state index in [9.17, 15) is 53.4 Å². The topological polar surface area (TPSA) is 54.4 Å². The van der Waals surface area contributed by atoms with E-state index in [4.69, 9.17) is 11.6 Å². The second-order valence-corrected chi connectivity index (χ2v) is 9.22. The predicted octanol–water partition coefficient (Wildman–Crippen LogP) is 7.04. The highest BCUT2D eigenvalue weighted by molar-refractivity contribution is 6.30. The zero-order valence-corrected chi connectivity index (χ0v) is 20.9. The van der Waals surface area contributed by atoms with E-state index in [1.165, 1.54) is 30.3 Å². The number of hydrogen-bond donors (Lipinski definition) is 2. The number of halogens is 12. The summed E-state index contributed by atoms with van der Waals surface area (Å²) >= 11 is 5.84. The number of pyridine rings is 1.